The van der Waals surface area contributed by atoms with E-state index in [1.807, 2.05) is 6.92 Å². The van der Waals surface area contributed by atoms with E-state index in [2.05, 4.69) is 20.5 Å². The van der Waals surface area contributed by atoms with Gasteiger partial charge in [0.15, 0.2) is 0 Å². The molecule has 7 nitrogen and oxygen atoms in total. The number of aryl methyl sites for hydroxylation is 2. The Labute approximate surface area is 132 Å². The van der Waals surface area contributed by atoms with Crippen molar-refractivity contribution < 1.29 is 14.3 Å². The summed E-state index contributed by atoms with van der Waals surface area (Å²) < 4.78 is 4.97. The highest BCUT2D eigenvalue weighted by Crippen LogP contribution is 2.22. The molecule has 2 aromatic heterocycles. The van der Waals surface area contributed by atoms with E-state index in [1.165, 1.54) is 11.3 Å². The minimum absolute atomic E-state index is 0.280. The zero-order valence-electron chi connectivity index (χ0n) is 12.9. The highest BCUT2D eigenvalue weighted by Gasteiger charge is 2.23. The Hall–Kier alpha value is -2.22. The summed E-state index contributed by atoms with van der Waals surface area (Å²) in [4.78, 5) is 27.2. The number of aromatic nitrogens is 3. The number of hydrogen-bond donors (Lipinski definition) is 2. The van der Waals surface area contributed by atoms with Crippen molar-refractivity contribution in [3.8, 4) is 0 Å². The number of H-pyrrole nitrogens is 1. The smallest absolute Gasteiger partial charge is 0.355 e. The molecule has 8 heteroatoms. The van der Waals surface area contributed by atoms with Gasteiger partial charge in [-0.1, -0.05) is 18.3 Å². The van der Waals surface area contributed by atoms with E-state index >= 15 is 0 Å². The molecule has 118 valence electrons. The van der Waals surface area contributed by atoms with Gasteiger partial charge in [-0.25, -0.2) is 4.79 Å². The zero-order chi connectivity index (χ0) is 16.3. The lowest BCUT2D eigenvalue weighted by atomic mass is 10.1. The van der Waals surface area contributed by atoms with Gasteiger partial charge in [-0.05, 0) is 32.8 Å². The number of nitrogens with zero attached hydrogens (tertiary/aromatic N) is 2. The number of amides is 1. The molecule has 2 heterocycles. The predicted octanol–water partition coefficient (Wildman–Crippen LogP) is 2.47. The molecule has 2 rings (SSSR count). The van der Waals surface area contributed by atoms with E-state index < -0.39 is 5.97 Å². The van der Waals surface area contributed by atoms with Crippen LogP contribution in [0.25, 0.3) is 0 Å². The Kier molecular flexibility index (Phi) is 4.92. The molecular weight excluding hydrogens is 304 g/mol. The van der Waals surface area contributed by atoms with Gasteiger partial charge >= 0.3 is 5.97 Å². The van der Waals surface area contributed by atoms with Crippen LogP contribution in [0.1, 0.15) is 51.0 Å². The second-order valence-electron chi connectivity index (χ2n) is 4.65. The number of hydrogen-bond acceptors (Lipinski definition) is 6. The van der Waals surface area contributed by atoms with Crippen molar-refractivity contribution in [3.63, 3.8) is 0 Å². The van der Waals surface area contributed by atoms with E-state index in [0.717, 1.165) is 11.4 Å². The van der Waals surface area contributed by atoms with E-state index in [1.54, 1.807) is 20.8 Å². The lowest BCUT2D eigenvalue weighted by molar-refractivity contribution is 0.0519. The molecule has 0 fully saturated rings. The first-order chi connectivity index (χ1) is 10.5. The molecular formula is C14H18N4O3S. The van der Waals surface area contributed by atoms with E-state index in [4.69, 9.17) is 4.74 Å². The fourth-order valence-electron chi connectivity index (χ4n) is 2.10. The van der Waals surface area contributed by atoms with Crippen LogP contribution >= 0.6 is 11.3 Å². The first-order valence-electron chi connectivity index (χ1n) is 6.97. The van der Waals surface area contributed by atoms with Crippen LogP contribution in [0, 0.1) is 13.8 Å². The number of nitrogens with one attached hydrogen (secondary N) is 2. The first-order valence-corrected chi connectivity index (χ1v) is 7.79. The molecule has 0 saturated heterocycles. The van der Waals surface area contributed by atoms with Gasteiger partial charge in [-0.15, -0.1) is 10.2 Å². The molecule has 0 aliphatic heterocycles. The molecule has 0 aliphatic rings. The summed E-state index contributed by atoms with van der Waals surface area (Å²) in [5, 5.41) is 11.9. The third-order valence-corrected chi connectivity index (χ3v) is 4.12. The van der Waals surface area contributed by atoms with Crippen molar-refractivity contribution in [2.75, 3.05) is 11.9 Å². The third kappa shape index (κ3) is 3.16. The molecule has 0 unspecified atom stereocenters. The molecule has 0 saturated carbocycles. The quantitative estimate of drug-likeness (QED) is 0.824. The summed E-state index contributed by atoms with van der Waals surface area (Å²) in [6, 6.07) is 0. The van der Waals surface area contributed by atoms with E-state index in [-0.39, 0.29) is 12.5 Å². The van der Waals surface area contributed by atoms with Crippen molar-refractivity contribution in [3.05, 3.63) is 27.5 Å². The van der Waals surface area contributed by atoms with Gasteiger partial charge < -0.3 is 9.72 Å². The highest BCUT2D eigenvalue weighted by molar-refractivity contribution is 7.15. The van der Waals surface area contributed by atoms with Gasteiger partial charge in [0.2, 0.25) is 5.13 Å². The normalized spacial score (nSPS) is 10.5. The van der Waals surface area contributed by atoms with Crippen LogP contribution in [0.4, 0.5) is 5.13 Å². The van der Waals surface area contributed by atoms with Crippen molar-refractivity contribution >= 4 is 28.3 Å². The fourth-order valence-corrected chi connectivity index (χ4v) is 2.78. The van der Waals surface area contributed by atoms with Crippen LogP contribution in [-0.2, 0) is 11.2 Å². The highest BCUT2D eigenvalue weighted by atomic mass is 32.1. The van der Waals surface area contributed by atoms with Crippen molar-refractivity contribution in [2.24, 2.45) is 0 Å². The Morgan fingerprint density at radius 1 is 1.27 bits per heavy atom. The Morgan fingerprint density at radius 3 is 2.59 bits per heavy atom. The largest absolute Gasteiger partial charge is 0.461 e. The molecule has 2 N–H and O–H groups in total. The molecule has 22 heavy (non-hydrogen) atoms. The van der Waals surface area contributed by atoms with Crippen LogP contribution in [-0.4, -0.2) is 33.7 Å². The maximum absolute atomic E-state index is 12.4. The molecule has 0 spiro atoms. The summed E-state index contributed by atoms with van der Waals surface area (Å²) in [7, 11) is 0. The lowest BCUT2D eigenvalue weighted by Crippen LogP contribution is -2.14. The first kappa shape index (κ1) is 16.2. The third-order valence-electron chi connectivity index (χ3n) is 3.13. The number of esters is 1. The van der Waals surface area contributed by atoms with Gasteiger partial charge in [-0.3, -0.25) is 10.1 Å². The fraction of sp³-hybridized carbons (Fsp3) is 0.429. The Balaban J connectivity index is 2.24. The van der Waals surface area contributed by atoms with E-state index in [0.29, 0.717) is 27.6 Å². The second-order valence-corrected chi connectivity index (χ2v) is 5.72. The number of rotatable bonds is 5. The standard InChI is InChI=1S/C14H18N4O3S/c1-5-9-17-18-14(22-9)16-12(19)10-7(3)11(15-8(10)4)13(20)21-6-2/h15H,5-6H2,1-4H3,(H,16,18,19). The van der Waals surface area contributed by atoms with Crippen molar-refractivity contribution in [1.82, 2.24) is 15.2 Å². The minimum Gasteiger partial charge on any atom is -0.461 e. The van der Waals surface area contributed by atoms with Crippen molar-refractivity contribution in [1.29, 1.82) is 0 Å². The number of ether oxygens (including phenoxy) is 1. The van der Waals surface area contributed by atoms with Gasteiger partial charge in [-0.2, -0.15) is 0 Å². The molecule has 1 amide bonds. The summed E-state index contributed by atoms with van der Waals surface area (Å²) in [5.41, 5.74) is 1.90. The summed E-state index contributed by atoms with van der Waals surface area (Å²) in [6.07, 6.45) is 0.767. The van der Waals surface area contributed by atoms with Crippen LogP contribution < -0.4 is 5.32 Å². The molecule has 0 bridgehead atoms. The van der Waals surface area contributed by atoms with Gasteiger partial charge in [0, 0.05) is 5.69 Å². The van der Waals surface area contributed by atoms with Gasteiger partial charge in [0.05, 0.1) is 12.2 Å². The monoisotopic (exact) mass is 322 g/mol. The van der Waals surface area contributed by atoms with Crippen LogP contribution in [0.2, 0.25) is 0 Å². The molecule has 0 aliphatic carbocycles. The van der Waals surface area contributed by atoms with Crippen LogP contribution in [0.5, 0.6) is 0 Å². The topological polar surface area (TPSA) is 97.0 Å². The predicted molar refractivity (Wildman–Crippen MR) is 83.5 cm³/mol. The summed E-state index contributed by atoms with van der Waals surface area (Å²) in [6.45, 7) is 7.43. The average molecular weight is 322 g/mol. The summed E-state index contributed by atoms with van der Waals surface area (Å²) in [5.74, 6) is -0.785. The van der Waals surface area contributed by atoms with Crippen LogP contribution in [0.15, 0.2) is 0 Å². The maximum Gasteiger partial charge on any atom is 0.355 e. The zero-order valence-corrected chi connectivity index (χ0v) is 13.8. The lowest BCUT2D eigenvalue weighted by Gasteiger charge is -2.03. The second kappa shape index (κ2) is 6.69. The number of carbonyl (C=O) groups excluding carboxylic acids is 2. The number of aromatic amines is 1. The van der Waals surface area contributed by atoms with E-state index in [9.17, 15) is 9.59 Å². The molecule has 0 aromatic carbocycles. The Morgan fingerprint density at radius 2 is 2.00 bits per heavy atom. The minimum atomic E-state index is -0.466. The van der Waals surface area contributed by atoms with Crippen molar-refractivity contribution in [2.45, 2.75) is 34.1 Å². The maximum atomic E-state index is 12.4. The molecule has 2 aromatic rings. The summed E-state index contributed by atoms with van der Waals surface area (Å²) >= 11 is 1.33. The molecule has 0 radical (unpaired) electrons. The number of carbonyl (C=O) groups is 2. The number of anilines is 1. The average Bonchev–Trinajstić information content (AvgIpc) is 3.03. The Bertz CT molecular complexity index is 705. The van der Waals surface area contributed by atoms with Crippen LogP contribution in [0.3, 0.4) is 0 Å². The SMILES string of the molecule is CCOC(=O)c1[nH]c(C)c(C(=O)Nc2nnc(CC)s2)c1C. The van der Waals surface area contributed by atoms with Gasteiger partial charge in [0.1, 0.15) is 10.7 Å². The molecule has 0 atom stereocenters. The van der Waals surface area contributed by atoms with Gasteiger partial charge in [0.25, 0.3) is 5.91 Å².